The van der Waals surface area contributed by atoms with Gasteiger partial charge in [-0.25, -0.2) is 0 Å². The number of piperidine rings is 1. The Hall–Kier alpha value is -1.26. The molecule has 74 valence electrons. The number of nitrogens with one attached hydrogen (secondary N) is 2. The molecule has 0 aliphatic carbocycles. The highest BCUT2D eigenvalue weighted by Gasteiger charge is 2.17. The molecule has 1 heterocycles. The van der Waals surface area contributed by atoms with Crippen molar-refractivity contribution >= 4 is 11.9 Å². The summed E-state index contributed by atoms with van der Waals surface area (Å²) in [7, 11) is 0. The molecule has 13 heavy (non-hydrogen) atoms. The number of nitrogens with zero attached hydrogens (tertiary/aromatic N) is 1. The van der Waals surface area contributed by atoms with Gasteiger partial charge >= 0.3 is 0 Å². The van der Waals surface area contributed by atoms with E-state index in [4.69, 9.17) is 5.73 Å². The minimum Gasteiger partial charge on any atom is -0.370 e. The molecule has 1 saturated heterocycles. The minimum absolute atomic E-state index is 0.115. The third-order valence-corrected chi connectivity index (χ3v) is 1.95. The number of guanidine groups is 1. The van der Waals surface area contributed by atoms with Crippen molar-refractivity contribution in [2.75, 3.05) is 13.1 Å². The highest BCUT2D eigenvalue weighted by Crippen LogP contribution is 2.01. The Balaban J connectivity index is 2.30. The van der Waals surface area contributed by atoms with Crippen LogP contribution in [0.15, 0.2) is 4.99 Å². The van der Waals surface area contributed by atoms with E-state index < -0.39 is 0 Å². The van der Waals surface area contributed by atoms with Crippen molar-refractivity contribution < 1.29 is 4.79 Å². The van der Waals surface area contributed by atoms with Crippen molar-refractivity contribution in [1.29, 1.82) is 0 Å². The number of nitrogens with two attached hydrogens (primary N) is 1. The Labute approximate surface area is 77.8 Å². The van der Waals surface area contributed by atoms with Gasteiger partial charge in [-0.15, -0.1) is 0 Å². The fourth-order valence-electron chi connectivity index (χ4n) is 1.28. The molecule has 1 unspecified atom stereocenters. The maximum absolute atomic E-state index is 10.8. The molecule has 5 heteroatoms. The van der Waals surface area contributed by atoms with Gasteiger partial charge in [-0.05, 0) is 13.3 Å². The van der Waals surface area contributed by atoms with E-state index in [0.717, 1.165) is 6.42 Å². The predicted octanol–water partition coefficient (Wildman–Crippen LogP) is -0.811. The molecule has 0 aromatic carbocycles. The zero-order valence-electron chi connectivity index (χ0n) is 7.84. The van der Waals surface area contributed by atoms with E-state index in [1.807, 2.05) is 6.92 Å². The summed E-state index contributed by atoms with van der Waals surface area (Å²) < 4.78 is 0. The molecule has 4 N–H and O–H groups in total. The molecule has 1 amide bonds. The maximum Gasteiger partial charge on any atom is 0.220 e. The third-order valence-electron chi connectivity index (χ3n) is 1.95. The van der Waals surface area contributed by atoms with Gasteiger partial charge in [0.25, 0.3) is 0 Å². The molecule has 0 saturated carbocycles. The van der Waals surface area contributed by atoms with Gasteiger partial charge in [-0.1, -0.05) is 0 Å². The maximum atomic E-state index is 10.8. The standard InChI is InChI=1S/C8H16N4O/c1-2-10-8(9)12-6-3-4-7(13)11-5-6/h6H,2-5H2,1H3,(H,11,13)(H3,9,10,12). The summed E-state index contributed by atoms with van der Waals surface area (Å²) in [6, 6.07) is 0.230. The lowest BCUT2D eigenvalue weighted by atomic mass is 10.1. The first-order valence-electron chi connectivity index (χ1n) is 4.55. The van der Waals surface area contributed by atoms with Crippen LogP contribution in [0.4, 0.5) is 0 Å². The first-order valence-corrected chi connectivity index (χ1v) is 4.55. The monoisotopic (exact) mass is 184 g/mol. The fraction of sp³-hybridized carbons (Fsp3) is 0.750. The molecule has 1 aliphatic heterocycles. The average Bonchev–Trinajstić information content (AvgIpc) is 2.09. The Kier molecular flexibility index (Phi) is 3.54. The van der Waals surface area contributed by atoms with Crippen LogP contribution in [0.3, 0.4) is 0 Å². The van der Waals surface area contributed by atoms with Crippen molar-refractivity contribution in [2.24, 2.45) is 10.7 Å². The van der Waals surface area contributed by atoms with Crippen LogP contribution < -0.4 is 16.4 Å². The number of amides is 1. The normalized spacial score (nSPS) is 23.9. The quantitative estimate of drug-likeness (QED) is 0.388. The van der Waals surface area contributed by atoms with Crippen LogP contribution in [-0.4, -0.2) is 31.0 Å². The smallest absolute Gasteiger partial charge is 0.220 e. The zero-order valence-corrected chi connectivity index (χ0v) is 7.84. The van der Waals surface area contributed by atoms with Crippen LogP contribution in [0.1, 0.15) is 19.8 Å². The second kappa shape index (κ2) is 4.69. The molecule has 0 aromatic rings. The van der Waals surface area contributed by atoms with E-state index in [0.29, 0.717) is 25.5 Å². The molecular weight excluding hydrogens is 168 g/mol. The highest BCUT2D eigenvalue weighted by molar-refractivity contribution is 5.79. The van der Waals surface area contributed by atoms with Gasteiger partial charge in [0, 0.05) is 25.6 Å². The van der Waals surface area contributed by atoms with Crippen LogP contribution in [0.2, 0.25) is 0 Å². The summed E-state index contributed by atoms with van der Waals surface area (Å²) in [6.45, 7) is 3.24. The number of hydrogen-bond donors (Lipinski definition) is 3. The number of rotatable bonds is 2. The molecule has 1 fully saturated rings. The molecular formula is C8H16N4O. The Morgan fingerprint density at radius 3 is 3.15 bits per heavy atom. The Morgan fingerprint density at radius 2 is 2.62 bits per heavy atom. The van der Waals surface area contributed by atoms with Crippen molar-refractivity contribution in [1.82, 2.24) is 10.6 Å². The highest BCUT2D eigenvalue weighted by atomic mass is 16.1. The Morgan fingerprint density at radius 1 is 1.85 bits per heavy atom. The largest absolute Gasteiger partial charge is 0.370 e. The van der Waals surface area contributed by atoms with E-state index >= 15 is 0 Å². The molecule has 0 aromatic heterocycles. The number of carbonyl (C=O) groups is 1. The molecule has 1 rings (SSSR count). The molecule has 0 spiro atoms. The Bertz CT molecular complexity index is 204. The van der Waals surface area contributed by atoms with Gasteiger partial charge in [-0.3, -0.25) is 9.79 Å². The molecule has 5 nitrogen and oxygen atoms in total. The van der Waals surface area contributed by atoms with Gasteiger partial charge in [-0.2, -0.15) is 0 Å². The summed E-state index contributed by atoms with van der Waals surface area (Å²) in [5.41, 5.74) is 5.58. The van der Waals surface area contributed by atoms with E-state index in [9.17, 15) is 4.79 Å². The molecule has 0 bridgehead atoms. The second-order valence-corrected chi connectivity index (χ2v) is 3.04. The predicted molar refractivity (Wildman–Crippen MR) is 51.3 cm³/mol. The van der Waals surface area contributed by atoms with Crippen molar-refractivity contribution in [2.45, 2.75) is 25.8 Å². The molecule has 1 aliphatic rings. The van der Waals surface area contributed by atoms with Gasteiger partial charge < -0.3 is 16.4 Å². The summed E-state index contributed by atoms with van der Waals surface area (Å²) in [4.78, 5) is 14.8. The van der Waals surface area contributed by atoms with E-state index in [2.05, 4.69) is 15.6 Å². The van der Waals surface area contributed by atoms with Crippen LogP contribution in [-0.2, 0) is 4.79 Å². The lowest BCUT2D eigenvalue weighted by molar-refractivity contribution is -0.122. The van der Waals surface area contributed by atoms with Gasteiger partial charge in [0.05, 0.1) is 0 Å². The minimum atomic E-state index is 0.115. The fourth-order valence-corrected chi connectivity index (χ4v) is 1.28. The second-order valence-electron chi connectivity index (χ2n) is 3.04. The lowest BCUT2D eigenvalue weighted by Crippen LogP contribution is -2.49. The topological polar surface area (TPSA) is 79.5 Å². The van der Waals surface area contributed by atoms with E-state index in [-0.39, 0.29) is 11.9 Å². The van der Waals surface area contributed by atoms with Crippen LogP contribution in [0.25, 0.3) is 0 Å². The summed E-state index contributed by atoms with van der Waals surface area (Å²) in [5, 5.41) is 5.82. The first-order chi connectivity index (χ1) is 6.22. The summed E-state index contributed by atoms with van der Waals surface area (Å²) in [5.74, 6) is 0.577. The number of aliphatic imine (C=N–C) groups is 1. The number of hydrogen-bond acceptors (Lipinski definition) is 2. The molecule has 0 radical (unpaired) electrons. The van der Waals surface area contributed by atoms with Crippen LogP contribution in [0, 0.1) is 0 Å². The van der Waals surface area contributed by atoms with Crippen molar-refractivity contribution in [3.63, 3.8) is 0 Å². The summed E-state index contributed by atoms with van der Waals surface area (Å²) in [6.07, 6.45) is 1.39. The lowest BCUT2D eigenvalue weighted by Gasteiger charge is -2.23. The van der Waals surface area contributed by atoms with Crippen molar-refractivity contribution in [3.8, 4) is 0 Å². The van der Waals surface area contributed by atoms with Crippen LogP contribution >= 0.6 is 0 Å². The van der Waals surface area contributed by atoms with Crippen LogP contribution in [0.5, 0.6) is 0 Å². The van der Waals surface area contributed by atoms with Gasteiger partial charge in [0.1, 0.15) is 0 Å². The molecule has 1 atom stereocenters. The van der Waals surface area contributed by atoms with Gasteiger partial charge in [0.15, 0.2) is 5.96 Å². The number of carbonyl (C=O) groups excluding carboxylic acids is 1. The zero-order chi connectivity index (χ0) is 9.68. The SMILES string of the molecule is CCN=C(N)NC1CCC(=O)NC1. The summed E-state index contributed by atoms with van der Waals surface area (Å²) >= 11 is 0. The van der Waals surface area contributed by atoms with E-state index in [1.54, 1.807) is 0 Å². The van der Waals surface area contributed by atoms with Crippen molar-refractivity contribution in [3.05, 3.63) is 0 Å². The van der Waals surface area contributed by atoms with Gasteiger partial charge in [0.2, 0.25) is 5.91 Å². The van der Waals surface area contributed by atoms with E-state index in [1.165, 1.54) is 0 Å². The first kappa shape index (κ1) is 9.83. The third kappa shape index (κ3) is 3.31. The average molecular weight is 184 g/mol.